The number of carbonyl (C=O) groups excluding carboxylic acids is 1. The fraction of sp³-hybridized carbons (Fsp3) is 0.364. The number of para-hydroxylation sites is 1. The number of anilines is 2. The van der Waals surface area contributed by atoms with Crippen LogP contribution in [0.15, 0.2) is 36.5 Å². The van der Waals surface area contributed by atoms with Crippen LogP contribution in [0, 0.1) is 22.2 Å². The third kappa shape index (κ3) is 4.47. The van der Waals surface area contributed by atoms with Gasteiger partial charge in [0.1, 0.15) is 5.82 Å². The van der Waals surface area contributed by atoms with Gasteiger partial charge in [-0.25, -0.2) is 9.78 Å². The van der Waals surface area contributed by atoms with Gasteiger partial charge in [0, 0.05) is 29.6 Å². The number of benzene rings is 1. The Balaban J connectivity index is 1.69. The van der Waals surface area contributed by atoms with Crippen molar-refractivity contribution in [1.29, 1.82) is 10.7 Å². The Morgan fingerprint density at radius 2 is 2.00 bits per heavy atom. The molecule has 4 rings (SSSR count). The van der Waals surface area contributed by atoms with Crippen LogP contribution < -0.4 is 16.0 Å². The second kappa shape index (κ2) is 8.71. The molecular weight excluding hydrogens is 437 g/mol. The number of ether oxygens (including phenoxy) is 1. The van der Waals surface area contributed by atoms with Crippen molar-refractivity contribution in [3.8, 4) is 6.07 Å². The smallest absolute Gasteiger partial charge is 0.430 e. The van der Waals surface area contributed by atoms with Crippen LogP contribution in [0.2, 0.25) is 0 Å². The molecule has 3 heterocycles. The van der Waals surface area contributed by atoms with Crippen molar-refractivity contribution in [3.05, 3.63) is 53.2 Å². The van der Waals surface area contributed by atoms with E-state index >= 15 is 0 Å². The first kappa shape index (κ1) is 22.5. The number of rotatable bonds is 5. The number of pyridine rings is 1. The molecule has 2 aliphatic heterocycles. The predicted octanol–water partition coefficient (Wildman–Crippen LogP) is 3.97. The van der Waals surface area contributed by atoms with E-state index in [0.29, 0.717) is 30.6 Å². The van der Waals surface area contributed by atoms with Crippen molar-refractivity contribution in [1.82, 2.24) is 10.3 Å². The summed E-state index contributed by atoms with van der Waals surface area (Å²) in [5.74, 6) is -0.292. The molecule has 1 aromatic heterocycles. The highest BCUT2D eigenvalue weighted by atomic mass is 19.4. The van der Waals surface area contributed by atoms with Gasteiger partial charge < -0.3 is 15.4 Å². The van der Waals surface area contributed by atoms with Crippen LogP contribution in [0.1, 0.15) is 35.6 Å². The minimum Gasteiger partial charge on any atom is -0.431 e. The highest BCUT2D eigenvalue weighted by Crippen LogP contribution is 2.43. The Hall–Kier alpha value is -3.65. The lowest BCUT2D eigenvalue weighted by Crippen LogP contribution is -2.40. The van der Waals surface area contributed by atoms with E-state index in [1.165, 1.54) is 12.3 Å². The standard InChI is InChI=1S/C22H21F3N6O2/c23-22(24,25)18-16-14(5-8-29-19(16)31-20(32)33-18)17(27)13-3-1-2-4-15(13)30-12-21(11-26)6-9-28-10-7-21/h1-5,8,18,27-28,30H,6-7,9-10,12H2,(H,29,31,32). The van der Waals surface area contributed by atoms with E-state index in [-0.39, 0.29) is 17.1 Å². The molecule has 33 heavy (non-hydrogen) atoms. The van der Waals surface area contributed by atoms with Gasteiger partial charge in [0.25, 0.3) is 0 Å². The lowest BCUT2D eigenvalue weighted by Gasteiger charge is -2.32. The van der Waals surface area contributed by atoms with Crippen molar-refractivity contribution < 1.29 is 22.7 Å². The van der Waals surface area contributed by atoms with Crippen LogP contribution in [-0.2, 0) is 4.74 Å². The second-order valence-corrected chi connectivity index (χ2v) is 7.99. The fourth-order valence-electron chi connectivity index (χ4n) is 4.08. The quantitative estimate of drug-likeness (QED) is 0.503. The summed E-state index contributed by atoms with van der Waals surface area (Å²) in [7, 11) is 0. The molecule has 1 aromatic carbocycles. The third-order valence-corrected chi connectivity index (χ3v) is 5.88. The number of fused-ring (bicyclic) bond motifs is 1. The summed E-state index contributed by atoms with van der Waals surface area (Å²) in [4.78, 5) is 15.5. The summed E-state index contributed by atoms with van der Waals surface area (Å²) in [6.07, 6.45) is -6.11. The SMILES string of the molecule is N#CC1(CNc2ccccc2C(=N)c2ccnc3c2C(C(F)(F)F)OC(=O)N3)CCNCC1. The van der Waals surface area contributed by atoms with E-state index in [9.17, 15) is 23.2 Å². The predicted molar refractivity (Wildman–Crippen MR) is 114 cm³/mol. The van der Waals surface area contributed by atoms with Gasteiger partial charge in [-0.15, -0.1) is 0 Å². The van der Waals surface area contributed by atoms with Crippen molar-refractivity contribution in [2.75, 3.05) is 30.3 Å². The monoisotopic (exact) mass is 458 g/mol. The highest BCUT2D eigenvalue weighted by molar-refractivity contribution is 6.15. The van der Waals surface area contributed by atoms with Crippen molar-refractivity contribution in [2.24, 2.45) is 5.41 Å². The Labute approximate surface area is 187 Å². The normalized spacial score (nSPS) is 19.5. The van der Waals surface area contributed by atoms with Crippen LogP contribution in [0.5, 0.6) is 0 Å². The molecule has 0 saturated carbocycles. The Kier molecular flexibility index (Phi) is 5.95. The number of nitriles is 1. The largest absolute Gasteiger partial charge is 0.431 e. The first-order chi connectivity index (χ1) is 15.7. The van der Waals surface area contributed by atoms with Crippen LogP contribution in [0.4, 0.5) is 29.5 Å². The topological polar surface area (TPSA) is 123 Å². The number of cyclic esters (lactones) is 1. The number of halogens is 3. The number of carbonyl (C=O) groups is 1. The van der Waals surface area contributed by atoms with E-state index in [1.807, 2.05) is 0 Å². The number of amides is 1. The first-order valence-electron chi connectivity index (χ1n) is 10.3. The van der Waals surface area contributed by atoms with Gasteiger partial charge in [0.05, 0.1) is 22.8 Å². The number of nitrogens with one attached hydrogen (secondary N) is 4. The van der Waals surface area contributed by atoms with E-state index in [1.54, 1.807) is 24.3 Å². The fourth-order valence-corrected chi connectivity index (χ4v) is 4.08. The Morgan fingerprint density at radius 3 is 2.70 bits per heavy atom. The summed E-state index contributed by atoms with van der Waals surface area (Å²) in [6, 6.07) is 10.4. The second-order valence-electron chi connectivity index (χ2n) is 7.99. The van der Waals surface area contributed by atoms with E-state index in [4.69, 9.17) is 5.41 Å². The Morgan fingerprint density at radius 1 is 1.27 bits per heavy atom. The zero-order chi connectivity index (χ0) is 23.6. The van der Waals surface area contributed by atoms with E-state index < -0.39 is 29.4 Å². The molecule has 0 aliphatic carbocycles. The maximum atomic E-state index is 13.7. The summed E-state index contributed by atoms with van der Waals surface area (Å²) >= 11 is 0. The van der Waals surface area contributed by atoms with E-state index in [2.05, 4.69) is 31.7 Å². The zero-order valence-electron chi connectivity index (χ0n) is 17.4. The van der Waals surface area contributed by atoms with Gasteiger partial charge in [-0.05, 0) is 38.1 Å². The first-order valence-corrected chi connectivity index (χ1v) is 10.3. The number of hydrogen-bond acceptors (Lipinski definition) is 7. The molecule has 0 spiro atoms. The summed E-state index contributed by atoms with van der Waals surface area (Å²) < 4.78 is 45.5. The van der Waals surface area contributed by atoms with E-state index in [0.717, 1.165) is 13.1 Å². The zero-order valence-corrected chi connectivity index (χ0v) is 17.4. The van der Waals surface area contributed by atoms with Crippen LogP contribution in [0.3, 0.4) is 0 Å². The van der Waals surface area contributed by atoms with Crippen LogP contribution >= 0.6 is 0 Å². The molecule has 1 saturated heterocycles. The van der Waals surface area contributed by atoms with Crippen molar-refractivity contribution in [2.45, 2.75) is 25.1 Å². The molecule has 2 aromatic rings. The molecule has 2 aliphatic rings. The molecule has 1 fully saturated rings. The average Bonchev–Trinajstić information content (AvgIpc) is 2.81. The van der Waals surface area contributed by atoms with Gasteiger partial charge in [0.2, 0.25) is 6.10 Å². The molecule has 172 valence electrons. The third-order valence-electron chi connectivity index (χ3n) is 5.88. The number of nitrogens with zero attached hydrogens (tertiary/aromatic N) is 2. The molecule has 8 nitrogen and oxygen atoms in total. The maximum absolute atomic E-state index is 13.7. The van der Waals surface area contributed by atoms with Crippen LogP contribution in [0.25, 0.3) is 0 Å². The maximum Gasteiger partial charge on any atom is 0.430 e. The molecule has 1 atom stereocenters. The van der Waals surface area contributed by atoms with Crippen LogP contribution in [-0.4, -0.2) is 42.6 Å². The highest BCUT2D eigenvalue weighted by Gasteiger charge is 2.49. The summed E-state index contributed by atoms with van der Waals surface area (Å²) in [5.41, 5.74) is -0.376. The number of piperidine rings is 1. The lowest BCUT2D eigenvalue weighted by molar-refractivity contribution is -0.206. The van der Waals surface area contributed by atoms with Gasteiger partial charge in [-0.2, -0.15) is 18.4 Å². The molecule has 0 radical (unpaired) electrons. The van der Waals surface area contributed by atoms with Gasteiger partial charge in [0.15, 0.2) is 0 Å². The van der Waals surface area contributed by atoms with Crippen molar-refractivity contribution in [3.63, 3.8) is 0 Å². The minimum atomic E-state index is -4.88. The molecule has 0 bridgehead atoms. The Bertz CT molecular complexity index is 1120. The number of hydrogen-bond donors (Lipinski definition) is 4. The van der Waals surface area contributed by atoms with Gasteiger partial charge in [-0.3, -0.25) is 10.7 Å². The number of alkyl halides is 3. The van der Waals surface area contributed by atoms with Gasteiger partial charge >= 0.3 is 12.3 Å². The summed E-state index contributed by atoms with van der Waals surface area (Å²) in [5, 5.41) is 27.1. The van der Waals surface area contributed by atoms with Gasteiger partial charge in [-0.1, -0.05) is 18.2 Å². The van der Waals surface area contributed by atoms with Crippen molar-refractivity contribution >= 4 is 23.3 Å². The molecule has 11 heteroatoms. The summed E-state index contributed by atoms with van der Waals surface area (Å²) in [6.45, 7) is 1.79. The molecule has 1 unspecified atom stereocenters. The molecule has 1 amide bonds. The molecular formula is C22H21F3N6O2. The molecule has 4 N–H and O–H groups in total. The minimum absolute atomic E-state index is 0.0616. The number of aromatic nitrogens is 1. The average molecular weight is 458 g/mol. The lowest BCUT2D eigenvalue weighted by atomic mass is 9.80.